The van der Waals surface area contributed by atoms with Gasteiger partial charge in [-0.3, -0.25) is 14.1 Å². The van der Waals surface area contributed by atoms with E-state index in [0.29, 0.717) is 23.7 Å². The molecule has 6 N–H and O–H groups in total. The van der Waals surface area contributed by atoms with E-state index < -0.39 is 50.8 Å². The highest BCUT2D eigenvalue weighted by Gasteiger charge is 2.55. The van der Waals surface area contributed by atoms with E-state index in [1.807, 2.05) is 19.1 Å². The number of β-lactam (4-membered cyclic amide) rings is 1. The van der Waals surface area contributed by atoms with Crippen molar-refractivity contribution in [3.8, 4) is 11.5 Å². The highest BCUT2D eigenvalue weighted by atomic mass is 32.2. The van der Waals surface area contributed by atoms with E-state index in [0.717, 1.165) is 43.2 Å². The molecule has 1 aromatic carbocycles. The standard InChI is InChI=1S/C34H43N5O10S3/c1-6-8-9-10-19-16-23(40)26(21-15-18(3)11-12-20(21)7-2)24(17-19)48-33(50)51-31-28(30(42)39(31)52(45,46)47)37-29(41)27(22-13-14-25(35)36-22)38-49-34(4,5)32(43)44/h7,13,15-17,20-21,28,31,40H,2,6,8-12,14H2,1,3-5H3,(H2,35,36)(H,37,41)(H,43,44)(H,45,46,47)/b38-27-/t20-,21-,28-,31?/m1/s1. The van der Waals surface area contributed by atoms with Crippen LogP contribution in [0.2, 0.25) is 0 Å². The number of thioether (sulfide) groups is 1. The smallest absolute Gasteiger partial charge is 0.363 e. The molecule has 0 bridgehead atoms. The number of aliphatic carboxylic acids is 1. The van der Waals surface area contributed by atoms with Crippen LogP contribution in [0.4, 0.5) is 0 Å². The maximum absolute atomic E-state index is 13.5. The number of unbranched alkanes of at least 4 members (excludes halogenated alkanes) is 2. The number of carboxylic acid groups (broad SMARTS) is 1. The van der Waals surface area contributed by atoms with E-state index in [9.17, 15) is 37.6 Å². The minimum Gasteiger partial charge on any atom is -0.507 e. The molecule has 282 valence electrons. The van der Waals surface area contributed by atoms with E-state index in [1.54, 1.807) is 12.1 Å². The Kier molecular flexibility index (Phi) is 12.9. The van der Waals surface area contributed by atoms with Crippen LogP contribution in [-0.4, -0.2) is 78.2 Å². The van der Waals surface area contributed by atoms with Gasteiger partial charge in [-0.05, 0) is 100 Å². The normalized spacial score (nSPS) is 22.1. The first-order valence-electron chi connectivity index (χ1n) is 16.6. The first kappa shape index (κ1) is 40.5. The number of carbonyl (C=O) groups excluding carboxylic acids is 2. The highest BCUT2D eigenvalue weighted by Crippen LogP contribution is 2.46. The van der Waals surface area contributed by atoms with Crippen molar-refractivity contribution >= 4 is 68.0 Å². The molecule has 1 fully saturated rings. The second-order valence-electron chi connectivity index (χ2n) is 13.1. The zero-order chi connectivity index (χ0) is 38.5. The second kappa shape index (κ2) is 16.6. The Morgan fingerprint density at radius 3 is 2.62 bits per heavy atom. The summed E-state index contributed by atoms with van der Waals surface area (Å²) in [6.45, 7) is 10.4. The van der Waals surface area contributed by atoms with Crippen molar-refractivity contribution in [1.29, 1.82) is 0 Å². The molecule has 0 radical (unpaired) electrons. The number of aromatic hydroxyl groups is 1. The summed E-state index contributed by atoms with van der Waals surface area (Å²) in [6, 6.07) is 1.87. The van der Waals surface area contributed by atoms with E-state index in [4.69, 9.17) is 27.5 Å². The number of nitrogens with zero attached hydrogens (tertiary/aromatic N) is 3. The Bertz CT molecular complexity index is 1870. The molecule has 0 aromatic heterocycles. The van der Waals surface area contributed by atoms with Crippen LogP contribution in [-0.2, 0) is 35.9 Å². The van der Waals surface area contributed by atoms with Crippen molar-refractivity contribution in [2.75, 3.05) is 0 Å². The van der Waals surface area contributed by atoms with E-state index in [2.05, 4.69) is 29.0 Å². The number of thiocarbonyl (C=S) groups is 1. The topological polar surface area (TPSA) is 231 Å². The van der Waals surface area contributed by atoms with Gasteiger partial charge in [0.2, 0.25) is 9.98 Å². The molecule has 2 amide bonds. The van der Waals surface area contributed by atoms with Crippen molar-refractivity contribution in [2.24, 2.45) is 21.8 Å². The molecule has 1 aliphatic carbocycles. The molecule has 52 heavy (non-hydrogen) atoms. The number of amidine groups is 1. The predicted octanol–water partition coefficient (Wildman–Crippen LogP) is 4.48. The van der Waals surface area contributed by atoms with Crippen LogP contribution in [0.1, 0.15) is 83.3 Å². The van der Waals surface area contributed by atoms with E-state index in [-0.39, 0.29) is 50.0 Å². The van der Waals surface area contributed by atoms with Gasteiger partial charge >= 0.3 is 16.3 Å². The Morgan fingerprint density at radius 2 is 2.02 bits per heavy atom. The van der Waals surface area contributed by atoms with E-state index >= 15 is 0 Å². The third-order valence-electron chi connectivity index (χ3n) is 8.73. The molecule has 18 heteroatoms. The molecule has 4 rings (SSSR count). The fourth-order valence-electron chi connectivity index (χ4n) is 5.81. The van der Waals surface area contributed by atoms with Crippen LogP contribution in [0.25, 0.3) is 0 Å². The molecule has 1 unspecified atom stereocenters. The summed E-state index contributed by atoms with van der Waals surface area (Å²) in [6.07, 6.45) is 10.6. The number of benzene rings is 1. The summed E-state index contributed by atoms with van der Waals surface area (Å²) in [4.78, 5) is 47.3. The molecule has 15 nitrogen and oxygen atoms in total. The van der Waals surface area contributed by atoms with Crippen LogP contribution < -0.4 is 15.8 Å². The van der Waals surface area contributed by atoms with Crippen LogP contribution in [0, 0.1) is 5.92 Å². The minimum atomic E-state index is -5.13. The van der Waals surface area contributed by atoms with Crippen LogP contribution in [0.3, 0.4) is 0 Å². The third-order valence-corrected chi connectivity index (χ3v) is 11.1. The van der Waals surface area contributed by atoms with E-state index in [1.165, 1.54) is 19.9 Å². The number of rotatable bonds is 15. The number of allylic oxidation sites excluding steroid dienone is 3. The number of ether oxygens (including phenoxy) is 1. The molecule has 2 heterocycles. The summed E-state index contributed by atoms with van der Waals surface area (Å²) in [5.74, 6) is -3.66. The summed E-state index contributed by atoms with van der Waals surface area (Å²) in [5.41, 5.74) is 5.64. The number of oxime groups is 1. The monoisotopic (exact) mass is 777 g/mol. The number of amides is 2. The minimum absolute atomic E-state index is 0.00672. The molecular weight excluding hydrogens is 735 g/mol. The van der Waals surface area contributed by atoms with Gasteiger partial charge in [-0.25, -0.2) is 9.79 Å². The summed E-state index contributed by atoms with van der Waals surface area (Å²) in [7, 11) is -5.13. The molecule has 0 spiro atoms. The van der Waals surface area contributed by atoms with Crippen molar-refractivity contribution in [2.45, 2.75) is 95.6 Å². The average molecular weight is 778 g/mol. The van der Waals surface area contributed by atoms with Crippen LogP contribution in [0.5, 0.6) is 11.5 Å². The first-order chi connectivity index (χ1) is 24.4. The van der Waals surface area contributed by atoms with Gasteiger partial charge in [0, 0.05) is 17.9 Å². The number of carbonyl (C=O) groups is 3. The van der Waals surface area contributed by atoms with Crippen molar-refractivity contribution in [3.63, 3.8) is 0 Å². The SMILES string of the molecule is C=C[C@@H]1CCC(C)=C[C@H]1c1c(O)cc(CCCCC)cc1OC(=S)SC1[C@H](NC(=O)/C(=N\OC(C)(C)C(=O)O)C2=CCC(N)=N2)C(=O)N1S(=O)(=O)O. The lowest BCUT2D eigenvalue weighted by Gasteiger charge is -2.43. The Morgan fingerprint density at radius 1 is 1.31 bits per heavy atom. The van der Waals surface area contributed by atoms with Crippen LogP contribution in [0.15, 0.2) is 58.4 Å². The predicted molar refractivity (Wildman–Crippen MR) is 200 cm³/mol. The first-order valence-corrected chi connectivity index (χ1v) is 19.2. The lowest BCUT2D eigenvalue weighted by atomic mass is 9.76. The maximum atomic E-state index is 13.5. The summed E-state index contributed by atoms with van der Waals surface area (Å²) < 4.78 is 40.5. The van der Waals surface area contributed by atoms with Crippen LogP contribution >= 0.6 is 24.0 Å². The Hall–Kier alpha value is -4.26. The quantitative estimate of drug-likeness (QED) is 0.0315. The highest BCUT2D eigenvalue weighted by molar-refractivity contribution is 8.23. The Balaban J connectivity index is 1.65. The van der Waals surface area contributed by atoms with Gasteiger partial charge in [-0.15, -0.1) is 6.58 Å². The number of phenols is 1. The summed E-state index contributed by atoms with van der Waals surface area (Å²) >= 11 is 6.11. The summed E-state index contributed by atoms with van der Waals surface area (Å²) in [5, 5.41) is 25.3. The molecular formula is C34H43N5O10S3. The number of carboxylic acids is 1. The average Bonchev–Trinajstić information content (AvgIpc) is 3.48. The number of nitrogens with two attached hydrogens (primary N) is 1. The number of phenolic OH excluding ortho intramolecular Hbond substituents is 1. The zero-order valence-electron chi connectivity index (χ0n) is 29.2. The van der Waals surface area contributed by atoms with Crippen molar-refractivity contribution < 1.29 is 47.1 Å². The number of hydrogen-bond donors (Lipinski definition) is 5. The van der Waals surface area contributed by atoms with Gasteiger partial charge in [0.05, 0.1) is 5.70 Å². The van der Waals surface area contributed by atoms with Crippen molar-refractivity contribution in [3.05, 3.63) is 59.3 Å². The van der Waals surface area contributed by atoms with Gasteiger partial charge < -0.3 is 30.8 Å². The van der Waals surface area contributed by atoms with Gasteiger partial charge in [0.1, 0.15) is 28.8 Å². The number of aryl methyl sites for hydroxylation is 1. The Labute approximate surface area is 312 Å². The largest absolute Gasteiger partial charge is 0.507 e. The molecule has 4 atom stereocenters. The van der Waals surface area contributed by atoms with Gasteiger partial charge in [-0.1, -0.05) is 42.6 Å². The van der Waals surface area contributed by atoms with Gasteiger partial charge in [0.25, 0.3) is 11.8 Å². The fourth-order valence-corrected chi connectivity index (χ4v) is 8.23. The number of hydrogen-bond acceptors (Lipinski definition) is 13. The molecule has 1 aromatic rings. The number of aliphatic imine (C=N–C) groups is 1. The lowest BCUT2D eigenvalue weighted by Crippen LogP contribution is -2.71. The molecule has 1 saturated heterocycles. The maximum Gasteiger partial charge on any atom is 0.363 e. The van der Waals surface area contributed by atoms with Crippen molar-refractivity contribution in [1.82, 2.24) is 9.62 Å². The zero-order valence-corrected chi connectivity index (χ0v) is 31.6. The fraction of sp³-hybridized carbons (Fsp3) is 0.471. The molecule has 2 aliphatic heterocycles. The lowest BCUT2D eigenvalue weighted by molar-refractivity contribution is -0.161. The third kappa shape index (κ3) is 9.39. The molecule has 3 aliphatic rings. The van der Waals surface area contributed by atoms with Gasteiger partial charge in [-0.2, -0.15) is 12.7 Å². The van der Waals surface area contributed by atoms with Gasteiger partial charge in [0.15, 0.2) is 5.71 Å². The second-order valence-corrected chi connectivity index (χ2v) is 16.1. The number of nitrogens with one attached hydrogen (secondary N) is 1. The molecule has 0 saturated carbocycles.